The number of fused-ring (bicyclic) bond motifs is 1. The lowest BCUT2D eigenvalue weighted by Crippen LogP contribution is -2.24. The maximum atomic E-state index is 3.30. The molecule has 2 heteroatoms. The van der Waals surface area contributed by atoms with E-state index in [2.05, 4.69) is 42.4 Å². The minimum atomic E-state index is 0.558. The molecule has 2 nitrogen and oxygen atoms in total. The zero-order valence-corrected chi connectivity index (χ0v) is 9.88. The van der Waals surface area contributed by atoms with E-state index in [4.69, 9.17) is 0 Å². The first-order valence-electron chi connectivity index (χ1n) is 5.71. The van der Waals surface area contributed by atoms with Crippen molar-refractivity contribution in [2.24, 2.45) is 0 Å². The average Bonchev–Trinajstić information content (AvgIpc) is 2.62. The second-order valence-electron chi connectivity index (χ2n) is 4.48. The lowest BCUT2D eigenvalue weighted by Gasteiger charge is -2.15. The fourth-order valence-electron chi connectivity index (χ4n) is 2.29. The highest BCUT2D eigenvalue weighted by atomic mass is 15.1. The highest BCUT2D eigenvalue weighted by Crippen LogP contribution is 2.29. The molecule has 82 valence electrons. The minimum absolute atomic E-state index is 0.558. The molecule has 0 spiro atoms. The van der Waals surface area contributed by atoms with Crippen LogP contribution in [-0.4, -0.2) is 26.7 Å². The Kier molecular flexibility index (Phi) is 2.96. The van der Waals surface area contributed by atoms with Gasteiger partial charge in [-0.1, -0.05) is 12.1 Å². The third-order valence-electron chi connectivity index (χ3n) is 3.38. The van der Waals surface area contributed by atoms with Crippen LogP contribution in [0.15, 0.2) is 18.2 Å². The first-order valence-corrected chi connectivity index (χ1v) is 5.71. The Bertz CT molecular complexity index is 346. The van der Waals surface area contributed by atoms with E-state index in [1.165, 1.54) is 24.2 Å². The molecule has 1 aromatic carbocycles. The van der Waals surface area contributed by atoms with E-state index in [9.17, 15) is 0 Å². The molecule has 1 aromatic rings. The number of nitrogens with one attached hydrogen (secondary N) is 1. The molecule has 1 aliphatic rings. The van der Waals surface area contributed by atoms with Crippen molar-refractivity contribution < 1.29 is 0 Å². The van der Waals surface area contributed by atoms with E-state index in [-0.39, 0.29) is 0 Å². The van der Waals surface area contributed by atoms with Gasteiger partial charge in [-0.25, -0.2) is 0 Å². The Morgan fingerprint density at radius 2 is 2.27 bits per heavy atom. The third-order valence-corrected chi connectivity index (χ3v) is 3.38. The first-order chi connectivity index (χ1) is 7.22. The molecule has 1 unspecified atom stereocenters. The Morgan fingerprint density at radius 1 is 1.47 bits per heavy atom. The standard InChI is InChI=1S/C13H20N2/c1-10(14-2)9-11-5-4-6-13-12(11)7-8-15(13)3/h4-6,10,14H,7-9H2,1-3H3. The zero-order chi connectivity index (χ0) is 10.8. The normalized spacial score (nSPS) is 16.6. The molecule has 15 heavy (non-hydrogen) atoms. The van der Waals surface area contributed by atoms with Gasteiger partial charge >= 0.3 is 0 Å². The lowest BCUT2D eigenvalue weighted by atomic mass is 9.99. The van der Waals surface area contributed by atoms with E-state index in [0.717, 1.165) is 6.42 Å². The summed E-state index contributed by atoms with van der Waals surface area (Å²) in [5.74, 6) is 0. The van der Waals surface area contributed by atoms with E-state index in [1.54, 1.807) is 5.56 Å². The number of likely N-dealkylation sites (N-methyl/N-ethyl adjacent to an activating group) is 2. The van der Waals surface area contributed by atoms with Crippen molar-refractivity contribution in [3.8, 4) is 0 Å². The van der Waals surface area contributed by atoms with Crippen molar-refractivity contribution in [2.45, 2.75) is 25.8 Å². The van der Waals surface area contributed by atoms with Crippen LogP contribution in [0.5, 0.6) is 0 Å². The lowest BCUT2D eigenvalue weighted by molar-refractivity contribution is 0.606. The van der Waals surface area contributed by atoms with Gasteiger partial charge in [-0.2, -0.15) is 0 Å². The molecule has 1 N–H and O–H groups in total. The van der Waals surface area contributed by atoms with Crippen LogP contribution in [0.3, 0.4) is 0 Å². The van der Waals surface area contributed by atoms with Crippen molar-refractivity contribution in [1.82, 2.24) is 5.32 Å². The summed E-state index contributed by atoms with van der Waals surface area (Å²) >= 11 is 0. The topological polar surface area (TPSA) is 15.3 Å². The molecule has 1 aliphatic heterocycles. The van der Waals surface area contributed by atoms with Gasteiger partial charge < -0.3 is 10.2 Å². The molecular weight excluding hydrogens is 184 g/mol. The Hall–Kier alpha value is -1.02. The molecule has 0 aromatic heterocycles. The summed E-state index contributed by atoms with van der Waals surface area (Å²) < 4.78 is 0. The van der Waals surface area contributed by atoms with Crippen LogP contribution < -0.4 is 10.2 Å². The van der Waals surface area contributed by atoms with Crippen LogP contribution in [0.1, 0.15) is 18.1 Å². The fourth-order valence-corrected chi connectivity index (χ4v) is 2.29. The monoisotopic (exact) mass is 204 g/mol. The molecule has 1 atom stereocenters. The molecular formula is C13H20N2. The highest BCUT2D eigenvalue weighted by molar-refractivity contribution is 5.60. The summed E-state index contributed by atoms with van der Waals surface area (Å²) in [5.41, 5.74) is 4.50. The first kappa shape index (κ1) is 10.5. The fraction of sp³-hybridized carbons (Fsp3) is 0.538. The van der Waals surface area contributed by atoms with Crippen LogP contribution in [-0.2, 0) is 12.8 Å². The molecule has 0 radical (unpaired) electrons. The Balaban J connectivity index is 2.26. The van der Waals surface area contributed by atoms with Gasteiger partial charge in [0, 0.05) is 25.3 Å². The summed E-state index contributed by atoms with van der Waals surface area (Å²) in [4.78, 5) is 2.35. The van der Waals surface area contributed by atoms with Crippen molar-refractivity contribution in [1.29, 1.82) is 0 Å². The molecule has 0 saturated heterocycles. The van der Waals surface area contributed by atoms with Gasteiger partial charge in [0.2, 0.25) is 0 Å². The summed E-state index contributed by atoms with van der Waals surface area (Å²) in [6.45, 7) is 3.40. The molecule has 1 heterocycles. The zero-order valence-electron chi connectivity index (χ0n) is 9.88. The summed E-state index contributed by atoms with van der Waals surface area (Å²) in [5, 5.41) is 3.30. The van der Waals surface area contributed by atoms with Gasteiger partial charge in [0.05, 0.1) is 0 Å². The van der Waals surface area contributed by atoms with Crippen LogP contribution in [0.4, 0.5) is 5.69 Å². The summed E-state index contributed by atoms with van der Waals surface area (Å²) in [6, 6.07) is 7.24. The number of rotatable bonds is 3. The number of benzene rings is 1. The predicted octanol–water partition coefficient (Wildman–Crippen LogP) is 1.83. The SMILES string of the molecule is CNC(C)Cc1cccc2c1CCN2C. The molecule has 2 rings (SSSR count). The predicted molar refractivity (Wildman–Crippen MR) is 65.6 cm³/mol. The number of hydrogen-bond donors (Lipinski definition) is 1. The van der Waals surface area contributed by atoms with Gasteiger partial charge in [0.1, 0.15) is 0 Å². The van der Waals surface area contributed by atoms with E-state index < -0.39 is 0 Å². The summed E-state index contributed by atoms with van der Waals surface area (Å²) in [7, 11) is 4.21. The van der Waals surface area contributed by atoms with E-state index >= 15 is 0 Å². The maximum absolute atomic E-state index is 3.30. The molecule has 0 saturated carbocycles. The third kappa shape index (κ3) is 2.00. The van der Waals surface area contributed by atoms with Crippen LogP contribution in [0, 0.1) is 0 Å². The van der Waals surface area contributed by atoms with Crippen molar-refractivity contribution in [3.63, 3.8) is 0 Å². The summed E-state index contributed by atoms with van der Waals surface area (Å²) in [6.07, 6.45) is 2.34. The number of nitrogens with zero attached hydrogens (tertiary/aromatic N) is 1. The number of hydrogen-bond acceptors (Lipinski definition) is 2. The van der Waals surface area contributed by atoms with Crippen molar-refractivity contribution in [2.75, 3.05) is 25.5 Å². The van der Waals surface area contributed by atoms with Crippen LogP contribution in [0.25, 0.3) is 0 Å². The van der Waals surface area contributed by atoms with Crippen molar-refractivity contribution >= 4 is 5.69 Å². The van der Waals surface area contributed by atoms with E-state index in [0.29, 0.717) is 6.04 Å². The Morgan fingerprint density at radius 3 is 3.00 bits per heavy atom. The largest absolute Gasteiger partial charge is 0.374 e. The van der Waals surface area contributed by atoms with Gasteiger partial charge in [-0.15, -0.1) is 0 Å². The van der Waals surface area contributed by atoms with Gasteiger partial charge in [-0.3, -0.25) is 0 Å². The number of anilines is 1. The minimum Gasteiger partial charge on any atom is -0.374 e. The van der Waals surface area contributed by atoms with Gasteiger partial charge in [-0.05, 0) is 44.0 Å². The van der Waals surface area contributed by atoms with E-state index in [1.807, 2.05) is 7.05 Å². The van der Waals surface area contributed by atoms with Gasteiger partial charge in [0.25, 0.3) is 0 Å². The molecule has 0 aliphatic carbocycles. The second-order valence-corrected chi connectivity index (χ2v) is 4.48. The quantitative estimate of drug-likeness (QED) is 0.808. The van der Waals surface area contributed by atoms with Crippen molar-refractivity contribution in [3.05, 3.63) is 29.3 Å². The maximum Gasteiger partial charge on any atom is 0.0399 e. The molecule has 0 bridgehead atoms. The average molecular weight is 204 g/mol. The highest BCUT2D eigenvalue weighted by Gasteiger charge is 2.18. The Labute approximate surface area is 92.3 Å². The van der Waals surface area contributed by atoms with Gasteiger partial charge in [0.15, 0.2) is 0 Å². The molecule has 0 amide bonds. The van der Waals surface area contributed by atoms with Crippen LogP contribution >= 0.6 is 0 Å². The second kappa shape index (κ2) is 4.23. The smallest absolute Gasteiger partial charge is 0.0399 e. The van der Waals surface area contributed by atoms with Crippen LogP contribution in [0.2, 0.25) is 0 Å². The molecule has 0 fully saturated rings.